The van der Waals surface area contributed by atoms with Crippen molar-refractivity contribution in [2.45, 2.75) is 20.4 Å². The number of ether oxygens (including phenoxy) is 1. The molecule has 7 nitrogen and oxygen atoms in total. The standard InChI is InChI=1S/C15H18Cl3N5O2.HI/c1-3-19-15(21-8-13-22-9(2)23-25-13)20-4-5-24-14-11(17)6-10(16)7-12(14)18;/h6-7H,3-5,8H2,1-2H3,(H2,19,20,21);1H. The van der Waals surface area contributed by atoms with Gasteiger partial charge in [0.25, 0.3) is 0 Å². The summed E-state index contributed by atoms with van der Waals surface area (Å²) < 4.78 is 10.6. The van der Waals surface area contributed by atoms with Crippen LogP contribution in [-0.4, -0.2) is 35.8 Å². The summed E-state index contributed by atoms with van der Waals surface area (Å²) >= 11 is 18.0. The molecule has 0 spiro atoms. The van der Waals surface area contributed by atoms with Crippen molar-refractivity contribution in [2.24, 2.45) is 4.99 Å². The highest BCUT2D eigenvalue weighted by Gasteiger charge is 2.09. The van der Waals surface area contributed by atoms with E-state index in [9.17, 15) is 0 Å². The van der Waals surface area contributed by atoms with Crippen LogP contribution in [0.15, 0.2) is 21.6 Å². The van der Waals surface area contributed by atoms with Gasteiger partial charge in [-0.3, -0.25) is 0 Å². The highest BCUT2D eigenvalue weighted by molar-refractivity contribution is 14.0. The molecule has 0 bridgehead atoms. The number of guanidine groups is 1. The monoisotopic (exact) mass is 533 g/mol. The molecule has 0 saturated carbocycles. The molecule has 0 aliphatic heterocycles. The third kappa shape index (κ3) is 7.34. The Morgan fingerprint density at radius 3 is 2.50 bits per heavy atom. The van der Waals surface area contributed by atoms with Crippen LogP contribution in [0.1, 0.15) is 18.6 Å². The first-order valence-corrected chi connectivity index (χ1v) is 8.71. The normalized spacial score (nSPS) is 11.0. The number of benzene rings is 1. The van der Waals surface area contributed by atoms with Crippen LogP contribution in [0.2, 0.25) is 15.1 Å². The number of hydrogen-bond acceptors (Lipinski definition) is 5. The van der Waals surface area contributed by atoms with Gasteiger partial charge in [-0.25, -0.2) is 4.99 Å². The number of nitrogens with zero attached hydrogens (tertiary/aromatic N) is 3. The molecule has 0 aliphatic carbocycles. The van der Waals surface area contributed by atoms with Crippen LogP contribution in [0.25, 0.3) is 0 Å². The van der Waals surface area contributed by atoms with E-state index in [1.165, 1.54) is 0 Å². The first kappa shape index (κ1) is 23.1. The van der Waals surface area contributed by atoms with Crippen molar-refractivity contribution in [1.82, 2.24) is 20.8 Å². The van der Waals surface area contributed by atoms with E-state index < -0.39 is 0 Å². The van der Waals surface area contributed by atoms with E-state index >= 15 is 0 Å². The Bertz CT molecular complexity index is 719. The Morgan fingerprint density at radius 2 is 1.92 bits per heavy atom. The number of hydrogen-bond donors (Lipinski definition) is 2. The number of nitrogens with one attached hydrogen (secondary N) is 2. The minimum absolute atomic E-state index is 0. The predicted molar refractivity (Wildman–Crippen MR) is 114 cm³/mol. The molecule has 1 aromatic heterocycles. The van der Waals surface area contributed by atoms with Crippen LogP contribution in [0.3, 0.4) is 0 Å². The Kier molecular flexibility index (Phi) is 10.4. The third-order valence-corrected chi connectivity index (χ3v) is 3.67. The lowest BCUT2D eigenvalue weighted by molar-refractivity contribution is 0.322. The van der Waals surface area contributed by atoms with Crippen molar-refractivity contribution < 1.29 is 9.26 Å². The molecule has 0 saturated heterocycles. The highest BCUT2D eigenvalue weighted by atomic mass is 127. The van der Waals surface area contributed by atoms with Gasteiger partial charge in [0, 0.05) is 11.6 Å². The van der Waals surface area contributed by atoms with E-state index in [1.807, 2.05) is 6.92 Å². The van der Waals surface area contributed by atoms with E-state index in [-0.39, 0.29) is 30.5 Å². The molecule has 0 atom stereocenters. The van der Waals surface area contributed by atoms with Crippen molar-refractivity contribution in [2.75, 3.05) is 19.7 Å². The molecule has 1 heterocycles. The van der Waals surface area contributed by atoms with Gasteiger partial charge in [-0.05, 0) is 26.0 Å². The molecular formula is C15H19Cl3IN5O2. The summed E-state index contributed by atoms with van der Waals surface area (Å²) in [6.07, 6.45) is 0. The number of aryl methyl sites for hydroxylation is 1. The highest BCUT2D eigenvalue weighted by Crippen LogP contribution is 2.35. The smallest absolute Gasteiger partial charge is 0.248 e. The maximum atomic E-state index is 6.07. The average molecular weight is 535 g/mol. The lowest BCUT2D eigenvalue weighted by atomic mass is 10.3. The summed E-state index contributed by atoms with van der Waals surface area (Å²) in [5.74, 6) is 2.03. The fourth-order valence-electron chi connectivity index (χ4n) is 1.88. The van der Waals surface area contributed by atoms with E-state index in [1.54, 1.807) is 19.1 Å². The molecule has 0 amide bonds. The number of aliphatic imine (C=N–C) groups is 1. The summed E-state index contributed by atoms with van der Waals surface area (Å²) in [6.45, 7) is 5.55. The van der Waals surface area contributed by atoms with Crippen LogP contribution >= 0.6 is 58.8 Å². The summed E-state index contributed by atoms with van der Waals surface area (Å²) in [5.41, 5.74) is 0. The van der Waals surface area contributed by atoms with Gasteiger partial charge >= 0.3 is 0 Å². The second-order valence-electron chi connectivity index (χ2n) is 4.90. The number of halogens is 4. The maximum Gasteiger partial charge on any atom is 0.248 e. The fourth-order valence-corrected chi connectivity index (χ4v) is 2.81. The van der Waals surface area contributed by atoms with E-state index in [4.69, 9.17) is 44.1 Å². The van der Waals surface area contributed by atoms with Crippen LogP contribution < -0.4 is 15.4 Å². The largest absolute Gasteiger partial charge is 0.489 e. The summed E-state index contributed by atoms with van der Waals surface area (Å²) in [6, 6.07) is 3.16. The first-order chi connectivity index (χ1) is 12.0. The number of aromatic nitrogens is 2. The number of rotatable bonds is 7. The second-order valence-corrected chi connectivity index (χ2v) is 6.16. The molecule has 2 N–H and O–H groups in total. The van der Waals surface area contributed by atoms with Crippen molar-refractivity contribution >= 4 is 64.7 Å². The summed E-state index contributed by atoms with van der Waals surface area (Å²) in [4.78, 5) is 8.46. The third-order valence-electron chi connectivity index (χ3n) is 2.89. The zero-order chi connectivity index (χ0) is 18.2. The lowest BCUT2D eigenvalue weighted by Gasteiger charge is -2.13. The van der Waals surface area contributed by atoms with Gasteiger partial charge in [-0.2, -0.15) is 4.98 Å². The van der Waals surface area contributed by atoms with Crippen LogP contribution in [0.5, 0.6) is 5.75 Å². The van der Waals surface area contributed by atoms with E-state index in [0.29, 0.717) is 58.2 Å². The van der Waals surface area contributed by atoms with Gasteiger partial charge in [0.1, 0.15) is 13.2 Å². The first-order valence-electron chi connectivity index (χ1n) is 7.58. The minimum atomic E-state index is 0. The van der Waals surface area contributed by atoms with Gasteiger partial charge in [-0.1, -0.05) is 40.0 Å². The van der Waals surface area contributed by atoms with Gasteiger partial charge in [-0.15, -0.1) is 24.0 Å². The van der Waals surface area contributed by atoms with Gasteiger partial charge in [0.2, 0.25) is 5.89 Å². The molecule has 1 aromatic carbocycles. The van der Waals surface area contributed by atoms with Crippen LogP contribution in [0.4, 0.5) is 0 Å². The van der Waals surface area contributed by atoms with Crippen molar-refractivity contribution in [3.8, 4) is 5.75 Å². The minimum Gasteiger partial charge on any atom is -0.489 e. The summed E-state index contributed by atoms with van der Waals surface area (Å²) in [5, 5.41) is 11.2. The Labute approximate surface area is 183 Å². The van der Waals surface area contributed by atoms with E-state index in [2.05, 4.69) is 25.8 Å². The Balaban J connectivity index is 0.00000338. The molecule has 144 valence electrons. The van der Waals surface area contributed by atoms with Crippen LogP contribution in [0, 0.1) is 6.92 Å². The Morgan fingerprint density at radius 1 is 1.23 bits per heavy atom. The fraction of sp³-hybridized carbons (Fsp3) is 0.400. The molecule has 11 heteroatoms. The maximum absolute atomic E-state index is 6.07. The topological polar surface area (TPSA) is 84.6 Å². The van der Waals surface area contributed by atoms with Crippen molar-refractivity contribution in [3.05, 3.63) is 38.9 Å². The molecule has 0 radical (unpaired) electrons. The predicted octanol–water partition coefficient (Wildman–Crippen LogP) is 4.09. The van der Waals surface area contributed by atoms with Gasteiger partial charge in [0.15, 0.2) is 17.5 Å². The molecule has 26 heavy (non-hydrogen) atoms. The second kappa shape index (κ2) is 11.7. The van der Waals surface area contributed by atoms with Crippen LogP contribution in [-0.2, 0) is 6.54 Å². The molecule has 2 rings (SSSR count). The SMILES string of the molecule is CCNC(=NCc1nc(C)no1)NCCOc1c(Cl)cc(Cl)cc1Cl.I. The molecule has 2 aromatic rings. The molecular weight excluding hydrogens is 515 g/mol. The molecule has 0 fully saturated rings. The Hall–Kier alpha value is -0.970. The van der Waals surface area contributed by atoms with Gasteiger partial charge < -0.3 is 19.9 Å². The lowest BCUT2D eigenvalue weighted by Crippen LogP contribution is -2.39. The zero-order valence-electron chi connectivity index (χ0n) is 14.2. The van der Waals surface area contributed by atoms with Gasteiger partial charge in [0.05, 0.1) is 16.6 Å². The quantitative estimate of drug-likeness (QED) is 0.241. The van der Waals surface area contributed by atoms with Crippen molar-refractivity contribution in [1.29, 1.82) is 0 Å². The average Bonchev–Trinajstić information content (AvgIpc) is 2.96. The van der Waals surface area contributed by atoms with E-state index in [0.717, 1.165) is 0 Å². The molecule has 0 aliphatic rings. The zero-order valence-corrected chi connectivity index (χ0v) is 18.8. The molecule has 0 unspecified atom stereocenters. The summed E-state index contributed by atoms with van der Waals surface area (Å²) in [7, 11) is 0. The van der Waals surface area contributed by atoms with Crippen molar-refractivity contribution in [3.63, 3.8) is 0 Å².